The van der Waals surface area contributed by atoms with Crippen LogP contribution in [0.3, 0.4) is 0 Å². The average Bonchev–Trinajstić information content (AvgIpc) is 3.49. The largest absolute Gasteiger partial charge is 0.293 e. The second kappa shape index (κ2) is 10.7. The van der Waals surface area contributed by atoms with Crippen molar-refractivity contribution in [3.05, 3.63) is 163 Å². The number of hydrogen-bond acceptors (Lipinski definition) is 1. The number of rotatable bonds is 4. The van der Waals surface area contributed by atoms with Crippen LogP contribution in [0.2, 0.25) is 0 Å². The molecule has 1 unspecified atom stereocenters. The molecule has 0 spiro atoms. The summed E-state index contributed by atoms with van der Waals surface area (Å²) in [5.41, 5.74) is 9.61. The van der Waals surface area contributed by atoms with Crippen molar-refractivity contribution >= 4 is 38.4 Å². The Morgan fingerprint density at radius 2 is 1.11 bits per heavy atom. The molecule has 2 heteroatoms. The number of allylic oxidation sites excluding steroid dienone is 1. The molecular weight excluding hydrogens is 556 g/mol. The van der Waals surface area contributed by atoms with Gasteiger partial charge in [-0.2, -0.15) is 0 Å². The number of aromatic nitrogens is 2. The number of fused-ring (bicyclic) bond motifs is 4. The third kappa shape index (κ3) is 4.29. The van der Waals surface area contributed by atoms with Crippen LogP contribution in [0.1, 0.15) is 18.3 Å². The van der Waals surface area contributed by atoms with Crippen LogP contribution >= 0.6 is 0 Å². The van der Waals surface area contributed by atoms with Crippen LogP contribution in [0.15, 0.2) is 152 Å². The molecule has 46 heavy (non-hydrogen) atoms. The van der Waals surface area contributed by atoms with Gasteiger partial charge in [0.2, 0.25) is 0 Å². The first-order chi connectivity index (χ1) is 22.7. The van der Waals surface area contributed by atoms with Crippen LogP contribution in [0.25, 0.3) is 77.7 Å². The molecule has 0 fully saturated rings. The molecule has 0 aliphatic heterocycles. The lowest BCUT2D eigenvalue weighted by atomic mass is 9.85. The number of imidazole rings is 1. The SMILES string of the molecule is CC1C=Cc2c(nc(-c3ccccc3)n2-c2ccc(-c3c4ccccc4c(-c4ccc5ccccc5c4)c4ccccc34)cc2)C1. The molecule has 0 bridgehead atoms. The predicted molar refractivity (Wildman–Crippen MR) is 194 cm³/mol. The number of benzene rings is 7. The molecule has 8 aromatic rings. The first kappa shape index (κ1) is 26.7. The highest BCUT2D eigenvalue weighted by Crippen LogP contribution is 2.44. The van der Waals surface area contributed by atoms with E-state index in [0.717, 1.165) is 23.5 Å². The zero-order valence-corrected chi connectivity index (χ0v) is 25.7. The van der Waals surface area contributed by atoms with Crippen molar-refractivity contribution < 1.29 is 0 Å². The van der Waals surface area contributed by atoms with E-state index in [9.17, 15) is 0 Å². The fourth-order valence-electron chi connectivity index (χ4n) is 7.34. The van der Waals surface area contributed by atoms with E-state index in [-0.39, 0.29) is 0 Å². The van der Waals surface area contributed by atoms with Gasteiger partial charge in [0.05, 0.1) is 11.4 Å². The normalized spacial score (nSPS) is 14.2. The highest BCUT2D eigenvalue weighted by Gasteiger charge is 2.22. The molecule has 218 valence electrons. The maximum Gasteiger partial charge on any atom is 0.145 e. The van der Waals surface area contributed by atoms with Crippen molar-refractivity contribution in [2.75, 3.05) is 0 Å². The topological polar surface area (TPSA) is 17.8 Å². The summed E-state index contributed by atoms with van der Waals surface area (Å²) in [5.74, 6) is 1.48. The fourth-order valence-corrected chi connectivity index (χ4v) is 7.34. The first-order valence-corrected chi connectivity index (χ1v) is 16.1. The summed E-state index contributed by atoms with van der Waals surface area (Å²) in [6.45, 7) is 2.26. The van der Waals surface area contributed by atoms with E-state index in [2.05, 4.69) is 169 Å². The molecule has 9 rings (SSSR count). The van der Waals surface area contributed by atoms with Gasteiger partial charge in [-0.1, -0.05) is 140 Å². The monoisotopic (exact) mass is 588 g/mol. The third-order valence-corrected chi connectivity index (χ3v) is 9.50. The zero-order chi connectivity index (χ0) is 30.6. The summed E-state index contributed by atoms with van der Waals surface area (Å²) < 4.78 is 2.33. The molecule has 2 nitrogen and oxygen atoms in total. The van der Waals surface area contributed by atoms with Crippen molar-refractivity contribution in [1.29, 1.82) is 0 Å². The maximum absolute atomic E-state index is 5.18. The molecule has 1 aliphatic carbocycles. The summed E-state index contributed by atoms with van der Waals surface area (Å²) in [6, 6.07) is 52.9. The van der Waals surface area contributed by atoms with Crippen LogP contribution < -0.4 is 0 Å². The molecule has 0 amide bonds. The van der Waals surface area contributed by atoms with Crippen molar-refractivity contribution in [1.82, 2.24) is 9.55 Å². The molecule has 0 saturated heterocycles. The lowest BCUT2D eigenvalue weighted by molar-refractivity contribution is 0.702. The van der Waals surface area contributed by atoms with Gasteiger partial charge >= 0.3 is 0 Å². The standard InChI is InChI=1S/C44H32N2/c1-29-19-26-41-40(27-29)45-44(32-12-3-2-4-13-32)46(41)35-24-22-31(23-25-35)42-36-15-7-9-17-38(36)43(39-18-10-8-16-37(39)42)34-21-20-30-11-5-6-14-33(30)28-34/h2-26,28-29H,27H2,1H3. The third-order valence-electron chi connectivity index (χ3n) is 9.50. The highest BCUT2D eigenvalue weighted by atomic mass is 15.1. The van der Waals surface area contributed by atoms with E-state index in [1.807, 2.05) is 0 Å². The van der Waals surface area contributed by atoms with Crippen LogP contribution in [0.5, 0.6) is 0 Å². The summed E-state index contributed by atoms with van der Waals surface area (Å²) in [7, 11) is 0. The van der Waals surface area contributed by atoms with E-state index in [0.29, 0.717) is 5.92 Å². The second-order valence-electron chi connectivity index (χ2n) is 12.5. The van der Waals surface area contributed by atoms with Gasteiger partial charge in [-0.05, 0) is 91.2 Å². The van der Waals surface area contributed by atoms with Crippen LogP contribution in [0.4, 0.5) is 0 Å². The lowest BCUT2D eigenvalue weighted by Crippen LogP contribution is -2.06. The Morgan fingerprint density at radius 3 is 1.78 bits per heavy atom. The summed E-state index contributed by atoms with van der Waals surface area (Å²) in [6.07, 6.45) is 5.51. The van der Waals surface area contributed by atoms with E-state index < -0.39 is 0 Å². The van der Waals surface area contributed by atoms with Gasteiger partial charge < -0.3 is 0 Å². The molecule has 0 saturated carbocycles. The Kier molecular flexibility index (Phi) is 6.21. The molecule has 0 radical (unpaired) electrons. The molecule has 0 N–H and O–H groups in total. The quantitative estimate of drug-likeness (QED) is 0.187. The van der Waals surface area contributed by atoms with Crippen molar-refractivity contribution in [2.24, 2.45) is 5.92 Å². The summed E-state index contributed by atoms with van der Waals surface area (Å²) >= 11 is 0. The van der Waals surface area contributed by atoms with Gasteiger partial charge in [-0.3, -0.25) is 4.57 Å². The van der Waals surface area contributed by atoms with Crippen molar-refractivity contribution in [3.63, 3.8) is 0 Å². The van der Waals surface area contributed by atoms with Gasteiger partial charge in [0.25, 0.3) is 0 Å². The molecule has 1 atom stereocenters. The van der Waals surface area contributed by atoms with Gasteiger partial charge in [0.15, 0.2) is 0 Å². The Labute approximate surface area is 268 Å². The second-order valence-corrected chi connectivity index (χ2v) is 12.5. The van der Waals surface area contributed by atoms with Gasteiger partial charge in [0, 0.05) is 11.3 Å². The average molecular weight is 589 g/mol. The molecule has 1 aromatic heterocycles. The number of nitrogens with zero attached hydrogens (tertiary/aromatic N) is 2. The molecule has 1 aliphatic rings. The summed E-state index contributed by atoms with van der Waals surface area (Å²) in [5, 5.41) is 7.58. The van der Waals surface area contributed by atoms with Gasteiger partial charge in [-0.15, -0.1) is 0 Å². The fraction of sp³-hybridized carbons (Fsp3) is 0.0682. The molecule has 7 aromatic carbocycles. The minimum atomic E-state index is 0.487. The van der Waals surface area contributed by atoms with Gasteiger partial charge in [0.1, 0.15) is 5.82 Å². The predicted octanol–water partition coefficient (Wildman–Crippen LogP) is 11.5. The smallest absolute Gasteiger partial charge is 0.145 e. The van der Waals surface area contributed by atoms with Crippen molar-refractivity contribution in [2.45, 2.75) is 13.3 Å². The zero-order valence-electron chi connectivity index (χ0n) is 25.7. The Hall–Kier alpha value is -5.73. The lowest BCUT2D eigenvalue weighted by Gasteiger charge is -2.19. The van der Waals surface area contributed by atoms with E-state index in [1.165, 1.54) is 66.0 Å². The van der Waals surface area contributed by atoms with E-state index in [4.69, 9.17) is 4.98 Å². The number of hydrogen-bond donors (Lipinski definition) is 0. The first-order valence-electron chi connectivity index (χ1n) is 16.1. The van der Waals surface area contributed by atoms with Crippen molar-refractivity contribution in [3.8, 4) is 39.3 Å². The van der Waals surface area contributed by atoms with Crippen LogP contribution in [0, 0.1) is 5.92 Å². The minimum absolute atomic E-state index is 0.487. The molecule has 1 heterocycles. The van der Waals surface area contributed by atoms with E-state index in [1.54, 1.807) is 0 Å². The molecular formula is C44H32N2. The Bertz CT molecular complexity index is 2390. The highest BCUT2D eigenvalue weighted by molar-refractivity contribution is 6.21. The van der Waals surface area contributed by atoms with E-state index >= 15 is 0 Å². The minimum Gasteiger partial charge on any atom is -0.293 e. The van der Waals surface area contributed by atoms with Crippen LogP contribution in [-0.4, -0.2) is 9.55 Å². The Morgan fingerprint density at radius 1 is 0.543 bits per heavy atom. The Balaban J connectivity index is 1.24. The van der Waals surface area contributed by atoms with Crippen LogP contribution in [-0.2, 0) is 6.42 Å². The summed E-state index contributed by atoms with van der Waals surface area (Å²) in [4.78, 5) is 5.18. The maximum atomic E-state index is 5.18. The van der Waals surface area contributed by atoms with Gasteiger partial charge in [-0.25, -0.2) is 4.98 Å².